The number of nitrogens with zero attached hydrogens (tertiary/aromatic N) is 2. The first kappa shape index (κ1) is 12.4. The van der Waals surface area contributed by atoms with Crippen LogP contribution in [0.15, 0.2) is 0 Å². The number of hydrogen-bond acceptors (Lipinski definition) is 3. The summed E-state index contributed by atoms with van der Waals surface area (Å²) in [6.07, 6.45) is 3.69. The highest BCUT2D eigenvalue weighted by atomic mass is 16.2. The number of urea groups is 1. The molecule has 96 valence electrons. The lowest BCUT2D eigenvalue weighted by Gasteiger charge is -2.33. The fourth-order valence-corrected chi connectivity index (χ4v) is 2.88. The summed E-state index contributed by atoms with van der Waals surface area (Å²) in [5.41, 5.74) is 0. The molecule has 2 bridgehead atoms. The van der Waals surface area contributed by atoms with Gasteiger partial charge in [0.2, 0.25) is 0 Å². The molecule has 2 aliphatic heterocycles. The Kier molecular flexibility index (Phi) is 3.66. The lowest BCUT2D eigenvalue weighted by molar-refractivity contribution is -0.123. The average molecular weight is 239 g/mol. The molecule has 2 fully saturated rings. The monoisotopic (exact) mass is 239 g/mol. The van der Waals surface area contributed by atoms with Crippen molar-refractivity contribution in [2.24, 2.45) is 0 Å². The Hall–Kier alpha value is -1.10. The SMILES string of the molecule is CN(C)C(=O)NCCN1C2CCC1CC(=O)C2. The Morgan fingerprint density at radius 3 is 2.47 bits per heavy atom. The van der Waals surface area contributed by atoms with Crippen LogP contribution in [0.5, 0.6) is 0 Å². The lowest BCUT2D eigenvalue weighted by Crippen LogP contribution is -2.47. The molecule has 2 aliphatic rings. The van der Waals surface area contributed by atoms with Crippen LogP contribution < -0.4 is 5.32 Å². The van der Waals surface area contributed by atoms with E-state index in [-0.39, 0.29) is 6.03 Å². The van der Waals surface area contributed by atoms with E-state index in [0.29, 0.717) is 37.3 Å². The molecule has 0 aromatic carbocycles. The first-order chi connectivity index (χ1) is 8.08. The highest BCUT2D eigenvalue weighted by Crippen LogP contribution is 2.33. The number of hydrogen-bond donors (Lipinski definition) is 1. The molecule has 0 radical (unpaired) electrons. The van der Waals surface area contributed by atoms with Crippen molar-refractivity contribution in [1.82, 2.24) is 15.1 Å². The smallest absolute Gasteiger partial charge is 0.316 e. The Morgan fingerprint density at radius 2 is 1.94 bits per heavy atom. The largest absolute Gasteiger partial charge is 0.337 e. The molecule has 2 heterocycles. The normalized spacial score (nSPS) is 28.2. The summed E-state index contributed by atoms with van der Waals surface area (Å²) < 4.78 is 0. The predicted octanol–water partition coefficient (Wildman–Crippen LogP) is 0.453. The van der Waals surface area contributed by atoms with Gasteiger partial charge < -0.3 is 10.2 Å². The quantitative estimate of drug-likeness (QED) is 0.778. The van der Waals surface area contributed by atoms with Crippen LogP contribution in [0.2, 0.25) is 0 Å². The van der Waals surface area contributed by atoms with Gasteiger partial charge in [0.1, 0.15) is 5.78 Å². The molecule has 0 aliphatic carbocycles. The van der Waals surface area contributed by atoms with Gasteiger partial charge in [-0.15, -0.1) is 0 Å². The lowest BCUT2D eigenvalue weighted by atomic mass is 10.0. The summed E-state index contributed by atoms with van der Waals surface area (Å²) in [7, 11) is 3.47. The zero-order valence-corrected chi connectivity index (χ0v) is 10.6. The van der Waals surface area contributed by atoms with Crippen LogP contribution in [0.4, 0.5) is 4.79 Å². The number of carbonyl (C=O) groups is 2. The van der Waals surface area contributed by atoms with Crippen molar-refractivity contribution < 1.29 is 9.59 Å². The maximum absolute atomic E-state index is 11.4. The molecule has 17 heavy (non-hydrogen) atoms. The Morgan fingerprint density at radius 1 is 1.35 bits per heavy atom. The van der Waals surface area contributed by atoms with E-state index in [1.165, 1.54) is 4.90 Å². The van der Waals surface area contributed by atoms with Gasteiger partial charge in [-0.05, 0) is 12.8 Å². The third-order valence-corrected chi connectivity index (χ3v) is 3.75. The molecule has 0 aromatic heterocycles. The van der Waals surface area contributed by atoms with E-state index in [0.717, 1.165) is 19.4 Å². The van der Waals surface area contributed by atoms with Crippen molar-refractivity contribution in [3.05, 3.63) is 0 Å². The number of carbonyl (C=O) groups excluding carboxylic acids is 2. The summed E-state index contributed by atoms with van der Waals surface area (Å²) in [5, 5.41) is 2.87. The standard InChI is InChI=1S/C12H21N3O2/c1-14(2)12(17)13-5-6-15-9-3-4-10(15)8-11(16)7-9/h9-10H,3-8H2,1-2H3,(H,13,17). The van der Waals surface area contributed by atoms with Crippen molar-refractivity contribution in [1.29, 1.82) is 0 Å². The molecular weight excluding hydrogens is 218 g/mol. The van der Waals surface area contributed by atoms with E-state index in [9.17, 15) is 9.59 Å². The minimum absolute atomic E-state index is 0.0505. The maximum atomic E-state index is 11.4. The van der Waals surface area contributed by atoms with Crippen LogP contribution in [-0.2, 0) is 4.79 Å². The molecule has 1 N–H and O–H groups in total. The van der Waals surface area contributed by atoms with Gasteiger partial charge in [-0.1, -0.05) is 0 Å². The van der Waals surface area contributed by atoms with Crippen molar-refractivity contribution in [2.75, 3.05) is 27.2 Å². The molecule has 2 amide bonds. The number of Topliss-reactive ketones (excluding diaryl/α,β-unsaturated/α-hetero) is 1. The highest BCUT2D eigenvalue weighted by Gasteiger charge is 2.39. The number of ketones is 1. The van der Waals surface area contributed by atoms with Gasteiger partial charge in [0.05, 0.1) is 0 Å². The Labute approximate surface area is 102 Å². The maximum Gasteiger partial charge on any atom is 0.316 e. The summed E-state index contributed by atoms with van der Waals surface area (Å²) in [5.74, 6) is 0.408. The van der Waals surface area contributed by atoms with Crippen LogP contribution in [0.1, 0.15) is 25.7 Å². The fourth-order valence-electron chi connectivity index (χ4n) is 2.88. The number of amides is 2. The molecule has 2 saturated heterocycles. The zero-order valence-electron chi connectivity index (χ0n) is 10.6. The van der Waals surface area contributed by atoms with Crippen molar-refractivity contribution >= 4 is 11.8 Å². The van der Waals surface area contributed by atoms with Crippen molar-refractivity contribution in [2.45, 2.75) is 37.8 Å². The number of nitrogens with one attached hydrogen (secondary N) is 1. The first-order valence-corrected chi connectivity index (χ1v) is 6.30. The van der Waals surface area contributed by atoms with E-state index in [2.05, 4.69) is 10.2 Å². The summed E-state index contributed by atoms with van der Waals surface area (Å²) in [6, 6.07) is 0.806. The predicted molar refractivity (Wildman–Crippen MR) is 64.8 cm³/mol. The molecule has 5 nitrogen and oxygen atoms in total. The molecular formula is C12H21N3O2. The highest BCUT2D eigenvalue weighted by molar-refractivity contribution is 5.81. The first-order valence-electron chi connectivity index (χ1n) is 6.30. The summed E-state index contributed by atoms with van der Waals surface area (Å²) in [4.78, 5) is 26.7. The van der Waals surface area contributed by atoms with Crippen LogP contribution in [0.3, 0.4) is 0 Å². The molecule has 0 aromatic rings. The van der Waals surface area contributed by atoms with Gasteiger partial charge in [0.15, 0.2) is 0 Å². The van der Waals surface area contributed by atoms with E-state index in [1.807, 2.05) is 0 Å². The summed E-state index contributed by atoms with van der Waals surface area (Å²) >= 11 is 0. The second-order valence-electron chi connectivity index (χ2n) is 5.20. The number of piperidine rings is 1. The average Bonchev–Trinajstić information content (AvgIpc) is 2.51. The summed E-state index contributed by atoms with van der Waals surface area (Å²) in [6.45, 7) is 1.53. The van der Waals surface area contributed by atoms with Gasteiger partial charge in [-0.3, -0.25) is 9.69 Å². The van der Waals surface area contributed by atoms with Crippen LogP contribution >= 0.6 is 0 Å². The van der Waals surface area contributed by atoms with Gasteiger partial charge in [0, 0.05) is 52.1 Å². The van der Waals surface area contributed by atoms with Crippen LogP contribution in [0, 0.1) is 0 Å². The minimum Gasteiger partial charge on any atom is -0.337 e. The second-order valence-corrected chi connectivity index (χ2v) is 5.20. The van der Waals surface area contributed by atoms with E-state index in [1.54, 1.807) is 14.1 Å². The van der Waals surface area contributed by atoms with Crippen LogP contribution in [0.25, 0.3) is 0 Å². The molecule has 0 spiro atoms. The molecule has 0 saturated carbocycles. The van der Waals surface area contributed by atoms with E-state index < -0.39 is 0 Å². The third kappa shape index (κ3) is 2.77. The fraction of sp³-hybridized carbons (Fsp3) is 0.833. The second kappa shape index (κ2) is 5.04. The topological polar surface area (TPSA) is 52.7 Å². The van der Waals surface area contributed by atoms with Crippen LogP contribution in [-0.4, -0.2) is 60.9 Å². The van der Waals surface area contributed by atoms with Gasteiger partial charge in [-0.25, -0.2) is 4.79 Å². The Balaban J connectivity index is 1.77. The van der Waals surface area contributed by atoms with Gasteiger partial charge >= 0.3 is 6.03 Å². The van der Waals surface area contributed by atoms with Crippen molar-refractivity contribution in [3.8, 4) is 0 Å². The molecule has 2 atom stereocenters. The van der Waals surface area contributed by atoms with E-state index >= 15 is 0 Å². The molecule has 2 rings (SSSR count). The van der Waals surface area contributed by atoms with Gasteiger partial charge in [0.25, 0.3) is 0 Å². The molecule has 2 unspecified atom stereocenters. The third-order valence-electron chi connectivity index (χ3n) is 3.75. The minimum atomic E-state index is -0.0505. The number of rotatable bonds is 3. The number of fused-ring (bicyclic) bond motifs is 2. The zero-order chi connectivity index (χ0) is 12.4. The van der Waals surface area contributed by atoms with Crippen molar-refractivity contribution in [3.63, 3.8) is 0 Å². The van der Waals surface area contributed by atoms with Gasteiger partial charge in [-0.2, -0.15) is 0 Å². The van der Waals surface area contributed by atoms with E-state index in [4.69, 9.17) is 0 Å². The molecule has 5 heteroatoms. The Bertz CT molecular complexity index is 301.